The van der Waals surface area contributed by atoms with E-state index in [9.17, 15) is 0 Å². The number of nitrogens with one attached hydrogen (secondary N) is 1. The quantitative estimate of drug-likeness (QED) is 0.187. The van der Waals surface area contributed by atoms with Crippen molar-refractivity contribution in [3.8, 4) is 55.6 Å². The third kappa shape index (κ3) is 6.63. The van der Waals surface area contributed by atoms with Gasteiger partial charge in [-0.25, -0.2) is 0 Å². The fourth-order valence-electron chi connectivity index (χ4n) is 10.7. The zero-order valence-electron chi connectivity index (χ0n) is 37.7. The molecule has 11 aromatic rings. The molecule has 10 aromatic carbocycles. The summed E-state index contributed by atoms with van der Waals surface area (Å²) >= 11 is 0. The molecule has 2 nitrogen and oxygen atoms in total. The molecule has 0 atom stereocenters. The Labute approximate surface area is 386 Å². The molecule has 2 aliphatic carbocycles. The highest BCUT2D eigenvalue weighted by atomic mass is 16.3. The maximum atomic E-state index is 6.01. The van der Waals surface area contributed by atoms with E-state index in [2.05, 4.69) is 227 Å². The SMILES string of the molecule is CC1(C)c2ccccc2-c2ccc(Nc3ccc4c(c3)C(C)(C)c3cc(-c5ccc6ccccc6c5)ccc3-4)cc21.c1ccc(-c2ccc(-c3ccc4c(c3)oc3ccccc34)cc2)cc1. The first-order valence-electron chi connectivity index (χ1n) is 23.1. The first-order chi connectivity index (χ1) is 32.2. The predicted octanol–water partition coefficient (Wildman–Crippen LogP) is 17.8. The highest BCUT2D eigenvalue weighted by Gasteiger charge is 2.37. The summed E-state index contributed by atoms with van der Waals surface area (Å²) in [4.78, 5) is 0. The van der Waals surface area contributed by atoms with Crippen molar-refractivity contribution in [3.63, 3.8) is 0 Å². The van der Waals surface area contributed by atoms with Crippen LogP contribution < -0.4 is 5.32 Å². The number of benzene rings is 10. The minimum atomic E-state index is -0.0865. The van der Waals surface area contributed by atoms with Crippen LogP contribution in [-0.2, 0) is 10.8 Å². The second-order valence-electron chi connectivity index (χ2n) is 19.0. The Kier molecular flexibility index (Phi) is 9.22. The number of rotatable bonds is 5. The smallest absolute Gasteiger partial charge is 0.136 e. The number of hydrogen-bond donors (Lipinski definition) is 1. The van der Waals surface area contributed by atoms with Crippen molar-refractivity contribution in [2.75, 3.05) is 5.32 Å². The van der Waals surface area contributed by atoms with Crippen LogP contribution in [0.3, 0.4) is 0 Å². The molecule has 0 bridgehead atoms. The summed E-state index contributed by atoms with van der Waals surface area (Å²) in [7, 11) is 0. The monoisotopic (exact) mass is 847 g/mol. The van der Waals surface area contributed by atoms with Gasteiger partial charge in [0.25, 0.3) is 0 Å². The molecule has 0 saturated carbocycles. The van der Waals surface area contributed by atoms with Crippen LogP contribution in [0.2, 0.25) is 0 Å². The molecule has 66 heavy (non-hydrogen) atoms. The maximum Gasteiger partial charge on any atom is 0.136 e. The van der Waals surface area contributed by atoms with Crippen LogP contribution in [-0.4, -0.2) is 0 Å². The van der Waals surface area contributed by atoms with Crippen molar-refractivity contribution >= 4 is 44.1 Å². The first kappa shape index (κ1) is 39.6. The second kappa shape index (κ2) is 15.4. The van der Waals surface area contributed by atoms with Gasteiger partial charge in [-0.15, -0.1) is 0 Å². The number of furan rings is 1. The van der Waals surface area contributed by atoms with Crippen LogP contribution in [0.1, 0.15) is 49.9 Å². The lowest BCUT2D eigenvalue weighted by Crippen LogP contribution is -2.15. The summed E-state index contributed by atoms with van der Waals surface area (Å²) in [5.41, 5.74) is 22.4. The van der Waals surface area contributed by atoms with Gasteiger partial charge in [-0.3, -0.25) is 0 Å². The number of anilines is 2. The van der Waals surface area contributed by atoms with Gasteiger partial charge in [0.1, 0.15) is 11.2 Å². The zero-order valence-corrected chi connectivity index (χ0v) is 37.7. The molecule has 1 heterocycles. The number of hydrogen-bond acceptors (Lipinski definition) is 2. The molecule has 0 radical (unpaired) electrons. The highest BCUT2D eigenvalue weighted by molar-refractivity contribution is 6.06. The minimum Gasteiger partial charge on any atom is -0.456 e. The average molecular weight is 848 g/mol. The third-order valence-corrected chi connectivity index (χ3v) is 14.3. The van der Waals surface area contributed by atoms with Crippen LogP contribution in [0.25, 0.3) is 88.3 Å². The molecule has 0 unspecified atom stereocenters. The van der Waals surface area contributed by atoms with Gasteiger partial charge in [0.05, 0.1) is 0 Å². The molecule has 1 N–H and O–H groups in total. The Morgan fingerprint density at radius 1 is 0.303 bits per heavy atom. The van der Waals surface area contributed by atoms with Crippen molar-refractivity contribution in [2.24, 2.45) is 0 Å². The third-order valence-electron chi connectivity index (χ3n) is 14.3. The fraction of sp³-hybridized carbons (Fsp3) is 0.0938. The van der Waals surface area contributed by atoms with Crippen molar-refractivity contribution in [1.82, 2.24) is 0 Å². The lowest BCUT2D eigenvalue weighted by molar-refractivity contribution is 0.660. The summed E-state index contributed by atoms with van der Waals surface area (Å²) in [5.74, 6) is 0. The van der Waals surface area contributed by atoms with Crippen LogP contribution in [0.15, 0.2) is 223 Å². The predicted molar refractivity (Wildman–Crippen MR) is 279 cm³/mol. The Bertz CT molecular complexity index is 3660. The topological polar surface area (TPSA) is 25.2 Å². The molecular formula is C64H49NO. The van der Waals surface area contributed by atoms with E-state index in [0.717, 1.165) is 22.5 Å². The van der Waals surface area contributed by atoms with Gasteiger partial charge in [0.2, 0.25) is 0 Å². The van der Waals surface area contributed by atoms with Gasteiger partial charge in [-0.1, -0.05) is 191 Å². The lowest BCUT2D eigenvalue weighted by Gasteiger charge is -2.23. The molecule has 2 aliphatic rings. The van der Waals surface area contributed by atoms with E-state index in [-0.39, 0.29) is 10.8 Å². The van der Waals surface area contributed by atoms with E-state index in [0.29, 0.717) is 0 Å². The molecule has 0 fully saturated rings. The number of para-hydroxylation sites is 1. The van der Waals surface area contributed by atoms with Gasteiger partial charge in [0, 0.05) is 33.0 Å². The van der Waals surface area contributed by atoms with Crippen LogP contribution in [0.4, 0.5) is 11.4 Å². The Morgan fingerprint density at radius 2 is 0.773 bits per heavy atom. The van der Waals surface area contributed by atoms with Crippen LogP contribution in [0.5, 0.6) is 0 Å². The molecule has 0 saturated heterocycles. The Morgan fingerprint density at radius 3 is 1.52 bits per heavy atom. The molecule has 316 valence electrons. The Hall–Kier alpha value is -7.94. The largest absolute Gasteiger partial charge is 0.456 e. The highest BCUT2D eigenvalue weighted by Crippen LogP contribution is 2.52. The molecule has 1 aromatic heterocycles. The zero-order chi connectivity index (χ0) is 44.6. The van der Waals surface area contributed by atoms with Gasteiger partial charge in [-0.2, -0.15) is 0 Å². The van der Waals surface area contributed by atoms with E-state index in [1.54, 1.807) is 0 Å². The summed E-state index contributed by atoms with van der Waals surface area (Å²) < 4.78 is 6.01. The van der Waals surface area contributed by atoms with Gasteiger partial charge < -0.3 is 9.73 Å². The summed E-state index contributed by atoms with van der Waals surface area (Å²) in [5, 5.41) is 8.64. The second-order valence-corrected chi connectivity index (χ2v) is 19.0. The lowest BCUT2D eigenvalue weighted by atomic mass is 9.81. The van der Waals surface area contributed by atoms with Gasteiger partial charge in [-0.05, 0) is 143 Å². The minimum absolute atomic E-state index is 0.00602. The van der Waals surface area contributed by atoms with E-state index in [1.807, 2.05) is 24.3 Å². The molecule has 0 amide bonds. The van der Waals surface area contributed by atoms with E-state index in [1.165, 1.54) is 99.4 Å². The van der Waals surface area contributed by atoms with Crippen LogP contribution in [0, 0.1) is 0 Å². The fourth-order valence-corrected chi connectivity index (χ4v) is 10.7. The molecule has 0 aliphatic heterocycles. The molecule has 13 rings (SSSR count). The van der Waals surface area contributed by atoms with E-state index >= 15 is 0 Å². The molecular weight excluding hydrogens is 799 g/mol. The van der Waals surface area contributed by atoms with Gasteiger partial charge >= 0.3 is 0 Å². The Balaban J connectivity index is 0.000000156. The number of fused-ring (bicyclic) bond motifs is 10. The van der Waals surface area contributed by atoms with Crippen molar-refractivity contribution in [1.29, 1.82) is 0 Å². The van der Waals surface area contributed by atoms with E-state index < -0.39 is 0 Å². The van der Waals surface area contributed by atoms with E-state index in [4.69, 9.17) is 4.42 Å². The summed E-state index contributed by atoms with van der Waals surface area (Å²) in [6.07, 6.45) is 0. The van der Waals surface area contributed by atoms with Crippen molar-refractivity contribution in [2.45, 2.75) is 38.5 Å². The summed E-state index contributed by atoms with van der Waals surface area (Å²) in [6.45, 7) is 9.40. The normalized spacial score (nSPS) is 13.7. The van der Waals surface area contributed by atoms with Gasteiger partial charge in [0.15, 0.2) is 0 Å². The first-order valence-corrected chi connectivity index (χ1v) is 23.1. The summed E-state index contributed by atoms with van der Waals surface area (Å²) in [6, 6.07) is 78.7. The molecule has 0 spiro atoms. The van der Waals surface area contributed by atoms with Crippen LogP contribution >= 0.6 is 0 Å². The van der Waals surface area contributed by atoms with Crippen molar-refractivity contribution < 1.29 is 4.42 Å². The molecule has 2 heteroatoms. The van der Waals surface area contributed by atoms with Crippen molar-refractivity contribution in [3.05, 3.63) is 241 Å². The standard InChI is InChI=1S/C40H33N.C24H16O/c1-39(2)35-12-8-7-11-31(35)33-19-16-29(23-37(33)39)41-30-17-20-34-32-18-15-28(22-36(32)40(3,4)38(34)24-30)27-14-13-25-9-5-6-10-26(25)21-27;1-2-6-17(7-3-1)18-10-12-19(13-11-18)20-14-15-22-21-8-4-5-9-23(21)25-24(22)16-20/h5-24,41H,1-4H3;1-16H. The average Bonchev–Trinajstić information content (AvgIpc) is 3.93. The maximum absolute atomic E-state index is 6.01.